The largest absolute Gasteiger partial charge is 0.497 e. The Hall–Kier alpha value is -3.03. The first kappa shape index (κ1) is 21.7. The van der Waals surface area contributed by atoms with Gasteiger partial charge in [-0.3, -0.25) is 9.10 Å². The van der Waals surface area contributed by atoms with Crippen LogP contribution in [0.3, 0.4) is 0 Å². The fourth-order valence-corrected chi connectivity index (χ4v) is 4.09. The van der Waals surface area contributed by atoms with Gasteiger partial charge in [0.15, 0.2) is 0 Å². The van der Waals surface area contributed by atoms with Crippen LogP contribution in [-0.4, -0.2) is 28.5 Å². The molecule has 0 fully saturated rings. The Kier molecular flexibility index (Phi) is 6.64. The highest BCUT2D eigenvalue weighted by Crippen LogP contribution is 2.24. The summed E-state index contributed by atoms with van der Waals surface area (Å²) in [5, 5.41) is 3.28. The van der Waals surface area contributed by atoms with Crippen LogP contribution < -0.4 is 14.4 Å². The lowest BCUT2D eigenvalue weighted by molar-refractivity contribution is 0.0951. The second-order valence-corrected chi connectivity index (χ2v) is 8.91. The van der Waals surface area contributed by atoms with Gasteiger partial charge in [-0.25, -0.2) is 8.42 Å². The van der Waals surface area contributed by atoms with E-state index < -0.39 is 10.0 Å². The number of hydrogen-bond donors (Lipinski definition) is 1. The number of amides is 1. The Morgan fingerprint density at radius 1 is 1.03 bits per heavy atom. The quantitative estimate of drug-likeness (QED) is 0.595. The van der Waals surface area contributed by atoms with Gasteiger partial charge in [0.05, 0.1) is 17.7 Å². The molecule has 30 heavy (non-hydrogen) atoms. The highest BCUT2D eigenvalue weighted by atomic mass is 35.5. The molecule has 0 spiro atoms. The Bertz CT molecular complexity index is 1130. The number of halogens is 1. The molecule has 0 aliphatic rings. The van der Waals surface area contributed by atoms with Gasteiger partial charge in [0.25, 0.3) is 15.9 Å². The third-order valence-corrected chi connectivity index (χ3v) is 6.61. The van der Waals surface area contributed by atoms with Crippen LogP contribution in [-0.2, 0) is 16.6 Å². The number of rotatable bonds is 7. The molecule has 0 aromatic heterocycles. The first-order valence-electron chi connectivity index (χ1n) is 9.07. The second kappa shape index (κ2) is 9.19. The smallest absolute Gasteiger partial charge is 0.264 e. The van der Waals surface area contributed by atoms with Crippen molar-refractivity contribution in [3.8, 4) is 5.75 Å². The van der Waals surface area contributed by atoms with E-state index in [4.69, 9.17) is 16.3 Å². The number of benzene rings is 3. The summed E-state index contributed by atoms with van der Waals surface area (Å²) in [4.78, 5) is 12.7. The zero-order chi connectivity index (χ0) is 21.7. The van der Waals surface area contributed by atoms with Gasteiger partial charge in [0, 0.05) is 24.2 Å². The van der Waals surface area contributed by atoms with Crippen LogP contribution in [0.4, 0.5) is 5.69 Å². The number of ether oxygens (including phenoxy) is 1. The molecule has 0 aliphatic carbocycles. The van der Waals surface area contributed by atoms with Gasteiger partial charge in [-0.1, -0.05) is 29.8 Å². The minimum absolute atomic E-state index is 0.115. The average Bonchev–Trinajstić information content (AvgIpc) is 2.77. The molecule has 6 nitrogen and oxygen atoms in total. The molecule has 0 radical (unpaired) electrons. The highest BCUT2D eigenvalue weighted by Gasteiger charge is 2.22. The van der Waals surface area contributed by atoms with Gasteiger partial charge in [0.2, 0.25) is 0 Å². The number of nitrogens with one attached hydrogen (secondary N) is 1. The van der Waals surface area contributed by atoms with E-state index in [0.717, 1.165) is 15.6 Å². The van der Waals surface area contributed by atoms with Gasteiger partial charge in [-0.2, -0.15) is 0 Å². The predicted molar refractivity (Wildman–Crippen MR) is 118 cm³/mol. The van der Waals surface area contributed by atoms with Crippen molar-refractivity contribution in [1.82, 2.24) is 5.32 Å². The topological polar surface area (TPSA) is 75.7 Å². The van der Waals surface area contributed by atoms with E-state index in [1.54, 1.807) is 25.3 Å². The third-order valence-electron chi connectivity index (χ3n) is 4.56. The zero-order valence-electron chi connectivity index (χ0n) is 16.5. The molecule has 0 unspecified atom stereocenters. The van der Waals surface area contributed by atoms with Gasteiger partial charge in [-0.15, -0.1) is 0 Å². The van der Waals surface area contributed by atoms with E-state index in [1.807, 2.05) is 24.3 Å². The summed E-state index contributed by atoms with van der Waals surface area (Å²) in [6.45, 7) is 0.339. The minimum Gasteiger partial charge on any atom is -0.497 e. The van der Waals surface area contributed by atoms with Crippen LogP contribution in [0.2, 0.25) is 5.02 Å². The van der Waals surface area contributed by atoms with Crippen LogP contribution in [0.5, 0.6) is 5.75 Å². The minimum atomic E-state index is -3.78. The summed E-state index contributed by atoms with van der Waals surface area (Å²) in [7, 11) is -0.748. The maximum absolute atomic E-state index is 12.9. The molecule has 1 N–H and O–H groups in total. The van der Waals surface area contributed by atoms with Crippen molar-refractivity contribution < 1.29 is 17.9 Å². The summed E-state index contributed by atoms with van der Waals surface area (Å²) in [6, 6.07) is 19.7. The van der Waals surface area contributed by atoms with Gasteiger partial charge < -0.3 is 10.1 Å². The fourth-order valence-electron chi connectivity index (χ4n) is 2.77. The number of hydrogen-bond acceptors (Lipinski definition) is 4. The van der Waals surface area contributed by atoms with Crippen LogP contribution in [0.1, 0.15) is 15.9 Å². The summed E-state index contributed by atoms with van der Waals surface area (Å²) < 4.78 is 32.0. The molecule has 3 aromatic carbocycles. The number of sulfonamides is 1. The van der Waals surface area contributed by atoms with Crippen molar-refractivity contribution in [3.05, 3.63) is 88.9 Å². The van der Waals surface area contributed by atoms with E-state index >= 15 is 0 Å². The highest BCUT2D eigenvalue weighted by molar-refractivity contribution is 7.92. The molecule has 0 heterocycles. The number of methoxy groups -OCH3 is 1. The van der Waals surface area contributed by atoms with E-state index in [1.165, 1.54) is 37.4 Å². The lowest BCUT2D eigenvalue weighted by Crippen LogP contribution is -2.27. The SMILES string of the molecule is COc1ccc(CNC(=O)c2cccc(N(C)S(=O)(=O)c3ccc(Cl)cc3)c2)cc1. The zero-order valence-corrected chi connectivity index (χ0v) is 18.1. The number of nitrogens with zero attached hydrogens (tertiary/aromatic N) is 1. The molecular weight excluding hydrogens is 424 g/mol. The van der Waals surface area contributed by atoms with E-state index in [2.05, 4.69) is 5.32 Å². The summed E-state index contributed by atoms with van der Waals surface area (Å²) in [5.41, 5.74) is 1.66. The predicted octanol–water partition coefficient (Wildman–Crippen LogP) is 4.10. The van der Waals surface area contributed by atoms with E-state index in [-0.39, 0.29) is 10.8 Å². The molecule has 1 amide bonds. The van der Waals surface area contributed by atoms with Crippen molar-refractivity contribution >= 4 is 33.2 Å². The summed E-state index contributed by atoms with van der Waals surface area (Å²) in [6.07, 6.45) is 0. The monoisotopic (exact) mass is 444 g/mol. The maximum Gasteiger partial charge on any atom is 0.264 e. The molecule has 156 valence electrons. The second-order valence-electron chi connectivity index (χ2n) is 6.51. The molecular formula is C22H21ClN2O4S. The van der Waals surface area contributed by atoms with E-state index in [9.17, 15) is 13.2 Å². The maximum atomic E-state index is 12.9. The standard InChI is InChI=1S/C22H21ClN2O4S/c1-25(30(27,28)21-12-8-18(23)9-13-21)19-5-3-4-17(14-19)22(26)24-15-16-6-10-20(29-2)11-7-16/h3-14H,15H2,1-2H3,(H,24,26). The molecule has 0 aliphatic heterocycles. The molecule has 0 atom stereocenters. The van der Waals surface area contributed by atoms with Gasteiger partial charge in [-0.05, 0) is 60.2 Å². The Balaban J connectivity index is 1.74. The molecule has 3 rings (SSSR count). The van der Waals surface area contributed by atoms with E-state index in [0.29, 0.717) is 22.8 Å². The normalized spacial score (nSPS) is 11.0. The Morgan fingerprint density at radius 2 is 1.70 bits per heavy atom. The van der Waals surface area contributed by atoms with Crippen molar-refractivity contribution in [3.63, 3.8) is 0 Å². The molecule has 0 saturated heterocycles. The Morgan fingerprint density at radius 3 is 2.33 bits per heavy atom. The number of carbonyl (C=O) groups is 1. The summed E-state index contributed by atoms with van der Waals surface area (Å²) in [5.74, 6) is 0.438. The lowest BCUT2D eigenvalue weighted by Gasteiger charge is -2.20. The van der Waals surface area contributed by atoms with Crippen LogP contribution in [0.15, 0.2) is 77.7 Å². The van der Waals surface area contributed by atoms with Crippen LogP contribution in [0.25, 0.3) is 0 Å². The molecule has 3 aromatic rings. The first-order valence-corrected chi connectivity index (χ1v) is 10.9. The number of carbonyl (C=O) groups excluding carboxylic acids is 1. The molecule has 0 saturated carbocycles. The van der Waals surface area contributed by atoms with Crippen molar-refractivity contribution in [2.24, 2.45) is 0 Å². The average molecular weight is 445 g/mol. The molecule has 0 bridgehead atoms. The van der Waals surface area contributed by atoms with Crippen LogP contribution >= 0.6 is 11.6 Å². The summed E-state index contributed by atoms with van der Waals surface area (Å²) >= 11 is 5.84. The lowest BCUT2D eigenvalue weighted by atomic mass is 10.1. The third kappa shape index (κ3) is 4.93. The number of anilines is 1. The molecule has 8 heteroatoms. The van der Waals surface area contributed by atoms with Crippen molar-refractivity contribution in [2.75, 3.05) is 18.5 Å². The Labute approximate surface area is 181 Å². The van der Waals surface area contributed by atoms with Gasteiger partial charge in [0.1, 0.15) is 5.75 Å². The van der Waals surface area contributed by atoms with Gasteiger partial charge >= 0.3 is 0 Å². The van der Waals surface area contributed by atoms with Crippen LogP contribution in [0, 0.1) is 0 Å². The van der Waals surface area contributed by atoms with Crippen molar-refractivity contribution in [1.29, 1.82) is 0 Å². The fraction of sp³-hybridized carbons (Fsp3) is 0.136. The first-order chi connectivity index (χ1) is 14.3. The van der Waals surface area contributed by atoms with Crippen molar-refractivity contribution in [2.45, 2.75) is 11.4 Å².